The lowest BCUT2D eigenvalue weighted by Crippen LogP contribution is -2.03. The monoisotopic (exact) mass is 210 g/mol. The zero-order valence-electron chi connectivity index (χ0n) is 9.60. The molecule has 0 saturated carbocycles. The van der Waals surface area contributed by atoms with E-state index in [1.165, 1.54) is 25.7 Å². The van der Waals surface area contributed by atoms with Gasteiger partial charge in [0.05, 0.1) is 6.33 Å². The van der Waals surface area contributed by atoms with Gasteiger partial charge in [-0.2, -0.15) is 0 Å². The third-order valence-electron chi connectivity index (χ3n) is 2.95. The molecule has 1 N–H and O–H groups in total. The summed E-state index contributed by atoms with van der Waals surface area (Å²) in [5, 5.41) is 8.86. The van der Waals surface area contributed by atoms with Gasteiger partial charge in [-0.15, -0.1) is 0 Å². The van der Waals surface area contributed by atoms with Crippen molar-refractivity contribution in [2.75, 3.05) is 6.61 Å². The molecule has 0 radical (unpaired) electrons. The Balaban J connectivity index is 2.05. The van der Waals surface area contributed by atoms with Crippen LogP contribution in [0.2, 0.25) is 0 Å². The van der Waals surface area contributed by atoms with Crippen LogP contribution in [-0.4, -0.2) is 21.3 Å². The van der Waals surface area contributed by atoms with Gasteiger partial charge in [-0.05, 0) is 18.8 Å². The number of imidazole rings is 1. The van der Waals surface area contributed by atoms with Gasteiger partial charge in [0.25, 0.3) is 0 Å². The standard InChI is InChI=1S/C12H22N2O/c1-2-12(6-10-15)5-3-4-8-14-9-7-13-11-14/h7,9,11-12,15H,2-6,8,10H2,1H3/t12-/m0/s1. The minimum absolute atomic E-state index is 0.333. The van der Waals surface area contributed by atoms with Gasteiger partial charge in [-0.1, -0.05) is 26.2 Å². The van der Waals surface area contributed by atoms with E-state index in [0.29, 0.717) is 12.5 Å². The maximum absolute atomic E-state index is 8.86. The van der Waals surface area contributed by atoms with Crippen LogP contribution in [0.1, 0.15) is 39.0 Å². The zero-order chi connectivity index (χ0) is 10.9. The van der Waals surface area contributed by atoms with E-state index in [0.717, 1.165) is 13.0 Å². The maximum atomic E-state index is 8.86. The van der Waals surface area contributed by atoms with Gasteiger partial charge in [-0.3, -0.25) is 0 Å². The van der Waals surface area contributed by atoms with E-state index in [1.807, 2.05) is 18.7 Å². The number of aryl methyl sites for hydroxylation is 1. The van der Waals surface area contributed by atoms with Gasteiger partial charge in [0.2, 0.25) is 0 Å². The largest absolute Gasteiger partial charge is 0.396 e. The number of unbranched alkanes of at least 4 members (excludes halogenated alkanes) is 1. The summed E-state index contributed by atoms with van der Waals surface area (Å²) in [5.41, 5.74) is 0. The molecule has 15 heavy (non-hydrogen) atoms. The number of hydrogen-bond donors (Lipinski definition) is 1. The summed E-state index contributed by atoms with van der Waals surface area (Å²) in [5.74, 6) is 0.706. The Hall–Kier alpha value is -0.830. The lowest BCUT2D eigenvalue weighted by Gasteiger charge is -2.12. The molecule has 86 valence electrons. The Morgan fingerprint density at radius 1 is 1.33 bits per heavy atom. The molecule has 3 heteroatoms. The lowest BCUT2D eigenvalue weighted by atomic mass is 9.96. The number of nitrogens with zero attached hydrogens (tertiary/aromatic N) is 2. The quantitative estimate of drug-likeness (QED) is 0.669. The first kappa shape index (κ1) is 12.2. The predicted octanol–water partition coefficient (Wildman–Crippen LogP) is 2.46. The van der Waals surface area contributed by atoms with Crippen LogP contribution in [0, 0.1) is 5.92 Å². The summed E-state index contributed by atoms with van der Waals surface area (Å²) in [7, 11) is 0. The van der Waals surface area contributed by atoms with E-state index in [-0.39, 0.29) is 0 Å². The smallest absolute Gasteiger partial charge is 0.0945 e. The molecule has 0 fully saturated rings. The van der Waals surface area contributed by atoms with Gasteiger partial charge >= 0.3 is 0 Å². The Morgan fingerprint density at radius 3 is 2.80 bits per heavy atom. The second-order valence-electron chi connectivity index (χ2n) is 4.08. The van der Waals surface area contributed by atoms with Crippen molar-refractivity contribution in [3.63, 3.8) is 0 Å². The number of aliphatic hydroxyl groups is 1. The molecule has 0 amide bonds. The fourth-order valence-electron chi connectivity index (χ4n) is 1.88. The molecule has 1 aromatic rings. The molecule has 0 aliphatic heterocycles. The third kappa shape index (κ3) is 4.98. The van der Waals surface area contributed by atoms with Crippen molar-refractivity contribution in [3.05, 3.63) is 18.7 Å². The second kappa shape index (κ2) is 7.46. The van der Waals surface area contributed by atoms with Crippen molar-refractivity contribution in [2.24, 2.45) is 5.92 Å². The average molecular weight is 210 g/mol. The highest BCUT2D eigenvalue weighted by atomic mass is 16.3. The SMILES string of the molecule is CC[C@H](CCO)CCCCn1ccnc1. The molecule has 1 atom stereocenters. The normalized spacial score (nSPS) is 12.9. The van der Waals surface area contributed by atoms with Crippen molar-refractivity contribution < 1.29 is 5.11 Å². The first-order valence-electron chi connectivity index (χ1n) is 5.93. The summed E-state index contributed by atoms with van der Waals surface area (Å²) in [6.45, 7) is 3.60. The summed E-state index contributed by atoms with van der Waals surface area (Å²) >= 11 is 0. The fraction of sp³-hybridized carbons (Fsp3) is 0.750. The first-order chi connectivity index (χ1) is 7.36. The summed E-state index contributed by atoms with van der Waals surface area (Å²) in [6, 6.07) is 0. The van der Waals surface area contributed by atoms with E-state index >= 15 is 0 Å². The van der Waals surface area contributed by atoms with Crippen LogP contribution in [0.25, 0.3) is 0 Å². The summed E-state index contributed by atoms with van der Waals surface area (Å²) < 4.78 is 2.12. The fourth-order valence-corrected chi connectivity index (χ4v) is 1.88. The molecule has 0 saturated heterocycles. The Kier molecular flexibility index (Phi) is 6.09. The van der Waals surface area contributed by atoms with E-state index in [1.54, 1.807) is 0 Å². The molecule has 0 unspecified atom stereocenters. The molecule has 1 heterocycles. The van der Waals surface area contributed by atoms with E-state index in [4.69, 9.17) is 5.11 Å². The summed E-state index contributed by atoms with van der Waals surface area (Å²) in [4.78, 5) is 4.01. The molecular formula is C12H22N2O. The molecular weight excluding hydrogens is 188 g/mol. The average Bonchev–Trinajstić information content (AvgIpc) is 2.75. The van der Waals surface area contributed by atoms with Crippen molar-refractivity contribution >= 4 is 0 Å². The number of rotatable bonds is 8. The van der Waals surface area contributed by atoms with Gasteiger partial charge in [0.1, 0.15) is 0 Å². The highest BCUT2D eigenvalue weighted by Gasteiger charge is 2.04. The summed E-state index contributed by atoms with van der Waals surface area (Å²) in [6.07, 6.45) is 11.5. The van der Waals surface area contributed by atoms with Crippen molar-refractivity contribution in [1.82, 2.24) is 9.55 Å². The molecule has 0 aromatic carbocycles. The van der Waals surface area contributed by atoms with Crippen molar-refractivity contribution in [1.29, 1.82) is 0 Å². The molecule has 0 spiro atoms. The maximum Gasteiger partial charge on any atom is 0.0945 e. The topological polar surface area (TPSA) is 38.0 Å². The van der Waals surface area contributed by atoms with Gasteiger partial charge in [0, 0.05) is 25.5 Å². The van der Waals surface area contributed by atoms with Crippen LogP contribution in [-0.2, 0) is 6.54 Å². The number of hydrogen-bond acceptors (Lipinski definition) is 2. The molecule has 0 aliphatic carbocycles. The van der Waals surface area contributed by atoms with Crippen molar-refractivity contribution in [2.45, 2.75) is 45.6 Å². The van der Waals surface area contributed by atoms with E-state index in [9.17, 15) is 0 Å². The van der Waals surface area contributed by atoms with Crippen LogP contribution in [0.5, 0.6) is 0 Å². The second-order valence-corrected chi connectivity index (χ2v) is 4.08. The van der Waals surface area contributed by atoms with Crippen molar-refractivity contribution in [3.8, 4) is 0 Å². The highest BCUT2D eigenvalue weighted by molar-refractivity contribution is 4.73. The molecule has 0 bridgehead atoms. The molecule has 0 aliphatic rings. The zero-order valence-corrected chi connectivity index (χ0v) is 9.60. The number of aliphatic hydroxyl groups excluding tert-OH is 1. The van der Waals surface area contributed by atoms with Gasteiger partial charge in [0.15, 0.2) is 0 Å². The predicted molar refractivity (Wildman–Crippen MR) is 61.6 cm³/mol. The van der Waals surface area contributed by atoms with E-state index < -0.39 is 0 Å². The van der Waals surface area contributed by atoms with Crippen LogP contribution in [0.3, 0.4) is 0 Å². The first-order valence-corrected chi connectivity index (χ1v) is 5.93. The Bertz CT molecular complexity index is 234. The third-order valence-corrected chi connectivity index (χ3v) is 2.95. The molecule has 1 aromatic heterocycles. The van der Waals surface area contributed by atoms with Gasteiger partial charge in [-0.25, -0.2) is 4.98 Å². The molecule has 1 rings (SSSR count). The Morgan fingerprint density at radius 2 is 2.20 bits per heavy atom. The Labute approximate surface area is 92.1 Å². The lowest BCUT2D eigenvalue weighted by molar-refractivity contribution is 0.246. The van der Waals surface area contributed by atoms with Crippen LogP contribution < -0.4 is 0 Å². The van der Waals surface area contributed by atoms with Crippen LogP contribution >= 0.6 is 0 Å². The minimum Gasteiger partial charge on any atom is -0.396 e. The van der Waals surface area contributed by atoms with E-state index in [2.05, 4.69) is 16.5 Å². The number of aromatic nitrogens is 2. The molecule has 3 nitrogen and oxygen atoms in total. The van der Waals surface area contributed by atoms with Gasteiger partial charge < -0.3 is 9.67 Å². The minimum atomic E-state index is 0.333. The van der Waals surface area contributed by atoms with Crippen LogP contribution in [0.15, 0.2) is 18.7 Å². The van der Waals surface area contributed by atoms with Crippen LogP contribution in [0.4, 0.5) is 0 Å². The highest BCUT2D eigenvalue weighted by Crippen LogP contribution is 2.16.